The summed E-state index contributed by atoms with van der Waals surface area (Å²) < 4.78 is 12.9. The summed E-state index contributed by atoms with van der Waals surface area (Å²) in [5.41, 5.74) is 0. The van der Waals surface area contributed by atoms with Crippen LogP contribution in [-0.2, 0) is 0 Å². The molecule has 2 heterocycles. The van der Waals surface area contributed by atoms with Crippen LogP contribution in [0.1, 0.15) is 13.8 Å². The van der Waals surface area contributed by atoms with Crippen LogP contribution >= 0.6 is 0 Å². The highest BCUT2D eigenvalue weighted by Crippen LogP contribution is 2.26. The molecule has 0 spiro atoms. The van der Waals surface area contributed by atoms with Crippen LogP contribution in [0.5, 0.6) is 0 Å². The van der Waals surface area contributed by atoms with E-state index in [1.807, 2.05) is 0 Å². The van der Waals surface area contributed by atoms with E-state index in [1.165, 1.54) is 18.3 Å². The monoisotopic (exact) mass is 194 g/mol. The molecule has 3 heteroatoms. The third-order valence-electron chi connectivity index (χ3n) is 3.02. The molecule has 2 rings (SSSR count). The molecule has 0 radical (unpaired) electrons. The van der Waals surface area contributed by atoms with Crippen molar-refractivity contribution >= 4 is 5.82 Å². The minimum Gasteiger partial charge on any atom is -0.356 e. The smallest absolute Gasteiger partial charge is 0.131 e. The highest BCUT2D eigenvalue weighted by molar-refractivity contribution is 5.39. The molecule has 14 heavy (non-hydrogen) atoms. The fourth-order valence-electron chi connectivity index (χ4n) is 1.88. The van der Waals surface area contributed by atoms with Crippen molar-refractivity contribution in [3.8, 4) is 0 Å². The Hall–Kier alpha value is -1.12. The molecule has 1 saturated heterocycles. The summed E-state index contributed by atoms with van der Waals surface area (Å²) in [6.07, 6.45) is 1.53. The lowest BCUT2D eigenvalue weighted by atomic mass is 10.0. The molecule has 0 aromatic carbocycles. The van der Waals surface area contributed by atoms with Crippen LogP contribution in [0.2, 0.25) is 0 Å². The molecule has 0 amide bonds. The minimum absolute atomic E-state index is 0.206. The topological polar surface area (TPSA) is 16.1 Å². The Balaban J connectivity index is 2.17. The maximum Gasteiger partial charge on any atom is 0.131 e. The third kappa shape index (κ3) is 1.72. The second-order valence-electron chi connectivity index (χ2n) is 4.19. The highest BCUT2D eigenvalue weighted by Gasteiger charge is 2.26. The molecule has 2 atom stereocenters. The summed E-state index contributed by atoms with van der Waals surface area (Å²) in [7, 11) is 0. The van der Waals surface area contributed by atoms with Gasteiger partial charge in [0.25, 0.3) is 0 Å². The van der Waals surface area contributed by atoms with Gasteiger partial charge < -0.3 is 4.90 Å². The Morgan fingerprint density at radius 2 is 2.00 bits per heavy atom. The molecule has 1 fully saturated rings. The lowest BCUT2D eigenvalue weighted by Crippen LogP contribution is -2.20. The first-order chi connectivity index (χ1) is 6.66. The summed E-state index contributed by atoms with van der Waals surface area (Å²) >= 11 is 0. The molecule has 1 aromatic rings. The second-order valence-corrected chi connectivity index (χ2v) is 4.19. The Morgan fingerprint density at radius 3 is 2.57 bits per heavy atom. The molecule has 76 valence electrons. The molecule has 0 bridgehead atoms. The lowest BCUT2D eigenvalue weighted by molar-refractivity contribution is 0.494. The molecule has 1 aliphatic heterocycles. The lowest BCUT2D eigenvalue weighted by Gasteiger charge is -2.16. The van der Waals surface area contributed by atoms with Gasteiger partial charge in [0.1, 0.15) is 11.6 Å². The molecule has 2 unspecified atom stereocenters. The maximum absolute atomic E-state index is 12.9. The predicted octanol–water partition coefficient (Wildman–Crippen LogP) is 2.31. The van der Waals surface area contributed by atoms with Crippen LogP contribution in [0.3, 0.4) is 0 Å². The maximum atomic E-state index is 12.9. The molecule has 2 nitrogen and oxygen atoms in total. The van der Waals surface area contributed by atoms with E-state index < -0.39 is 0 Å². The summed E-state index contributed by atoms with van der Waals surface area (Å²) in [4.78, 5) is 6.33. The predicted molar refractivity (Wildman–Crippen MR) is 54.7 cm³/mol. The van der Waals surface area contributed by atoms with Gasteiger partial charge in [0.05, 0.1) is 0 Å². The molecule has 0 N–H and O–H groups in total. The van der Waals surface area contributed by atoms with E-state index in [4.69, 9.17) is 0 Å². The van der Waals surface area contributed by atoms with Crippen molar-refractivity contribution in [3.63, 3.8) is 0 Å². The van der Waals surface area contributed by atoms with Crippen LogP contribution in [0.15, 0.2) is 18.3 Å². The SMILES string of the molecule is CC1CN(c2cc(F)ccn2)CC1C. The van der Waals surface area contributed by atoms with Gasteiger partial charge in [0, 0.05) is 25.4 Å². The second kappa shape index (κ2) is 3.56. The van der Waals surface area contributed by atoms with Crippen molar-refractivity contribution in [2.75, 3.05) is 18.0 Å². The van der Waals surface area contributed by atoms with Gasteiger partial charge in [-0.15, -0.1) is 0 Å². The van der Waals surface area contributed by atoms with Gasteiger partial charge in [-0.05, 0) is 17.9 Å². The summed E-state index contributed by atoms with van der Waals surface area (Å²) in [6.45, 7) is 6.42. The van der Waals surface area contributed by atoms with E-state index in [2.05, 4.69) is 23.7 Å². The third-order valence-corrected chi connectivity index (χ3v) is 3.02. The Kier molecular flexibility index (Phi) is 2.40. The van der Waals surface area contributed by atoms with Crippen LogP contribution in [-0.4, -0.2) is 18.1 Å². The molecule has 0 aliphatic carbocycles. The van der Waals surface area contributed by atoms with Crippen molar-refractivity contribution in [3.05, 3.63) is 24.1 Å². The van der Waals surface area contributed by atoms with Crippen LogP contribution in [0, 0.1) is 17.7 Å². The quantitative estimate of drug-likeness (QED) is 0.682. The van der Waals surface area contributed by atoms with Gasteiger partial charge in [-0.25, -0.2) is 9.37 Å². The van der Waals surface area contributed by atoms with Crippen molar-refractivity contribution in [1.82, 2.24) is 4.98 Å². The molecular weight excluding hydrogens is 179 g/mol. The zero-order chi connectivity index (χ0) is 10.1. The normalized spacial score (nSPS) is 26.9. The van der Waals surface area contributed by atoms with Gasteiger partial charge in [-0.2, -0.15) is 0 Å². The van der Waals surface area contributed by atoms with Gasteiger partial charge in [0.2, 0.25) is 0 Å². The Morgan fingerprint density at radius 1 is 1.36 bits per heavy atom. The largest absolute Gasteiger partial charge is 0.356 e. The van der Waals surface area contributed by atoms with E-state index in [9.17, 15) is 4.39 Å². The number of aromatic nitrogens is 1. The number of hydrogen-bond acceptors (Lipinski definition) is 2. The van der Waals surface area contributed by atoms with E-state index in [0.29, 0.717) is 11.8 Å². The number of hydrogen-bond donors (Lipinski definition) is 0. The fraction of sp³-hybridized carbons (Fsp3) is 0.545. The minimum atomic E-state index is -0.206. The molecule has 1 aliphatic rings. The summed E-state index contributed by atoms with van der Waals surface area (Å²) in [5.74, 6) is 1.89. The van der Waals surface area contributed by atoms with Crippen molar-refractivity contribution in [2.24, 2.45) is 11.8 Å². The van der Waals surface area contributed by atoms with Crippen LogP contribution < -0.4 is 4.90 Å². The first kappa shape index (κ1) is 9.44. The van der Waals surface area contributed by atoms with Crippen molar-refractivity contribution in [2.45, 2.75) is 13.8 Å². The van der Waals surface area contributed by atoms with Crippen molar-refractivity contribution in [1.29, 1.82) is 0 Å². The van der Waals surface area contributed by atoms with E-state index in [0.717, 1.165) is 18.9 Å². The zero-order valence-corrected chi connectivity index (χ0v) is 8.57. The number of anilines is 1. The fourth-order valence-corrected chi connectivity index (χ4v) is 1.88. The summed E-state index contributed by atoms with van der Waals surface area (Å²) in [5, 5.41) is 0. The first-order valence-electron chi connectivity index (χ1n) is 5.03. The van der Waals surface area contributed by atoms with E-state index in [-0.39, 0.29) is 5.82 Å². The molecule has 0 saturated carbocycles. The Labute approximate surface area is 83.8 Å². The van der Waals surface area contributed by atoms with Crippen LogP contribution in [0.25, 0.3) is 0 Å². The average molecular weight is 194 g/mol. The number of nitrogens with zero attached hydrogens (tertiary/aromatic N) is 2. The van der Waals surface area contributed by atoms with Gasteiger partial charge in [-0.1, -0.05) is 13.8 Å². The standard InChI is InChI=1S/C11H15FN2/c1-8-6-14(7-9(8)2)11-5-10(12)3-4-13-11/h3-5,8-9H,6-7H2,1-2H3. The number of rotatable bonds is 1. The first-order valence-corrected chi connectivity index (χ1v) is 5.03. The van der Waals surface area contributed by atoms with E-state index in [1.54, 1.807) is 0 Å². The highest BCUT2D eigenvalue weighted by atomic mass is 19.1. The van der Waals surface area contributed by atoms with Crippen molar-refractivity contribution < 1.29 is 4.39 Å². The van der Waals surface area contributed by atoms with Gasteiger partial charge in [0.15, 0.2) is 0 Å². The summed E-state index contributed by atoms with van der Waals surface area (Å²) in [6, 6.07) is 2.89. The Bertz CT molecular complexity index is 317. The average Bonchev–Trinajstić information content (AvgIpc) is 2.47. The van der Waals surface area contributed by atoms with Gasteiger partial charge in [-0.3, -0.25) is 0 Å². The molecule has 1 aromatic heterocycles. The van der Waals surface area contributed by atoms with Crippen LogP contribution in [0.4, 0.5) is 10.2 Å². The molecular formula is C11H15FN2. The van der Waals surface area contributed by atoms with E-state index >= 15 is 0 Å². The number of pyridine rings is 1. The zero-order valence-electron chi connectivity index (χ0n) is 8.57. The number of halogens is 1. The van der Waals surface area contributed by atoms with Gasteiger partial charge >= 0.3 is 0 Å².